The molecule has 0 saturated carbocycles. The van der Waals surface area contributed by atoms with Crippen LogP contribution < -0.4 is 0 Å². The molecule has 0 aliphatic carbocycles. The molecule has 0 unspecified atom stereocenters. The van der Waals surface area contributed by atoms with Gasteiger partial charge in [-0.25, -0.2) is 0 Å². The summed E-state index contributed by atoms with van der Waals surface area (Å²) < 4.78 is 0. The average molecular weight is 309 g/mol. The monoisotopic (exact) mass is 309 g/mol. The molecular formula is C18H31NO3. The van der Waals surface area contributed by atoms with Crippen LogP contribution in [0.2, 0.25) is 0 Å². The molecule has 0 fully saturated rings. The van der Waals surface area contributed by atoms with Gasteiger partial charge in [0.05, 0.1) is 11.8 Å². The summed E-state index contributed by atoms with van der Waals surface area (Å²) in [7, 11) is 0. The van der Waals surface area contributed by atoms with Crippen LogP contribution in [0.5, 0.6) is 5.75 Å². The van der Waals surface area contributed by atoms with Gasteiger partial charge in [-0.05, 0) is 57.6 Å². The Labute approximate surface area is 134 Å². The number of aromatic nitrogens is 1. The molecule has 1 aromatic heterocycles. The summed E-state index contributed by atoms with van der Waals surface area (Å²) in [6.07, 6.45) is 9.91. The van der Waals surface area contributed by atoms with E-state index in [2.05, 4.69) is 4.98 Å². The lowest BCUT2D eigenvalue weighted by Gasteiger charge is -2.09. The summed E-state index contributed by atoms with van der Waals surface area (Å²) in [5.41, 5.74) is 1.75. The van der Waals surface area contributed by atoms with Gasteiger partial charge < -0.3 is 15.3 Å². The van der Waals surface area contributed by atoms with E-state index < -0.39 is 0 Å². The van der Waals surface area contributed by atoms with Crippen LogP contribution >= 0.6 is 0 Å². The summed E-state index contributed by atoms with van der Waals surface area (Å²) in [6.45, 7) is 2.05. The molecule has 0 spiro atoms. The molecule has 3 N–H and O–H groups in total. The number of hydrogen-bond acceptors (Lipinski definition) is 4. The zero-order chi connectivity index (χ0) is 16.2. The van der Waals surface area contributed by atoms with E-state index in [0.717, 1.165) is 50.6 Å². The third-order valence-corrected chi connectivity index (χ3v) is 4.03. The summed E-state index contributed by atoms with van der Waals surface area (Å²) in [5, 5.41) is 27.9. The summed E-state index contributed by atoms with van der Waals surface area (Å²) in [4.78, 5) is 4.36. The minimum absolute atomic E-state index is 0.198. The van der Waals surface area contributed by atoms with Crippen molar-refractivity contribution >= 4 is 0 Å². The van der Waals surface area contributed by atoms with Crippen molar-refractivity contribution in [3.63, 3.8) is 0 Å². The fraction of sp³-hybridized carbons (Fsp3) is 0.722. The van der Waals surface area contributed by atoms with Gasteiger partial charge in [0.15, 0.2) is 0 Å². The second-order valence-electron chi connectivity index (χ2n) is 6.09. The Kier molecular flexibility index (Phi) is 9.84. The van der Waals surface area contributed by atoms with Gasteiger partial charge in [0.25, 0.3) is 0 Å². The van der Waals surface area contributed by atoms with Gasteiger partial charge >= 0.3 is 0 Å². The first kappa shape index (κ1) is 18.9. The smallest absolute Gasteiger partial charge is 0.136 e. The van der Waals surface area contributed by atoms with Crippen LogP contribution in [-0.4, -0.2) is 33.0 Å². The van der Waals surface area contributed by atoms with Crippen molar-refractivity contribution in [3.05, 3.63) is 23.5 Å². The second kappa shape index (κ2) is 11.4. The third-order valence-electron chi connectivity index (χ3n) is 4.03. The first-order valence-electron chi connectivity index (χ1n) is 8.58. The quantitative estimate of drug-likeness (QED) is 0.517. The molecule has 4 nitrogen and oxygen atoms in total. The van der Waals surface area contributed by atoms with Crippen LogP contribution in [0.25, 0.3) is 0 Å². The van der Waals surface area contributed by atoms with Crippen molar-refractivity contribution < 1.29 is 15.3 Å². The maximum atomic E-state index is 9.77. The molecule has 1 aromatic rings. The van der Waals surface area contributed by atoms with Crippen molar-refractivity contribution in [2.24, 2.45) is 0 Å². The Bertz CT molecular complexity index is 409. The number of hydrogen-bond donors (Lipinski definition) is 3. The van der Waals surface area contributed by atoms with E-state index in [4.69, 9.17) is 5.11 Å². The predicted molar refractivity (Wildman–Crippen MR) is 89.0 cm³/mol. The molecule has 0 bridgehead atoms. The number of rotatable bonds is 12. The van der Waals surface area contributed by atoms with Crippen molar-refractivity contribution in [1.29, 1.82) is 0 Å². The Morgan fingerprint density at radius 1 is 0.955 bits per heavy atom. The van der Waals surface area contributed by atoms with Gasteiger partial charge in [-0.3, -0.25) is 4.98 Å². The Morgan fingerprint density at radius 3 is 2.27 bits per heavy atom. The first-order valence-corrected chi connectivity index (χ1v) is 8.58. The maximum Gasteiger partial charge on any atom is 0.136 e. The van der Waals surface area contributed by atoms with E-state index in [-0.39, 0.29) is 18.5 Å². The van der Waals surface area contributed by atoms with Crippen LogP contribution in [0.15, 0.2) is 12.1 Å². The molecule has 22 heavy (non-hydrogen) atoms. The molecule has 1 rings (SSSR count). The van der Waals surface area contributed by atoms with E-state index in [9.17, 15) is 10.2 Å². The van der Waals surface area contributed by atoms with Crippen molar-refractivity contribution in [3.8, 4) is 5.75 Å². The van der Waals surface area contributed by atoms with Crippen LogP contribution in [-0.2, 0) is 6.42 Å². The highest BCUT2D eigenvalue weighted by Gasteiger charge is 2.04. The van der Waals surface area contributed by atoms with Crippen LogP contribution in [0.4, 0.5) is 0 Å². The van der Waals surface area contributed by atoms with Gasteiger partial charge in [0.2, 0.25) is 0 Å². The number of nitrogens with zero attached hydrogens (tertiary/aromatic N) is 1. The zero-order valence-corrected chi connectivity index (χ0v) is 13.8. The Balaban J connectivity index is 1.98. The van der Waals surface area contributed by atoms with Crippen LogP contribution in [0.1, 0.15) is 69.2 Å². The summed E-state index contributed by atoms with van der Waals surface area (Å²) >= 11 is 0. The number of aryl methyl sites for hydroxylation is 2. The zero-order valence-electron chi connectivity index (χ0n) is 13.8. The molecule has 1 heterocycles. The number of aliphatic hydroxyl groups is 2. The van der Waals surface area contributed by atoms with Crippen molar-refractivity contribution in [2.75, 3.05) is 6.61 Å². The predicted octanol–water partition coefficient (Wildman–Crippen LogP) is 3.50. The average Bonchev–Trinajstić information content (AvgIpc) is 2.50. The number of aromatic hydroxyl groups is 1. The summed E-state index contributed by atoms with van der Waals surface area (Å²) in [6, 6.07) is 3.61. The molecule has 126 valence electrons. The lowest BCUT2D eigenvalue weighted by atomic mass is 10.0. The molecule has 0 aliphatic heterocycles. The van der Waals surface area contributed by atoms with Crippen LogP contribution in [0.3, 0.4) is 0 Å². The highest BCUT2D eigenvalue weighted by atomic mass is 16.3. The van der Waals surface area contributed by atoms with E-state index in [1.54, 1.807) is 6.07 Å². The largest absolute Gasteiger partial charge is 0.506 e. The molecule has 0 aromatic carbocycles. The fourth-order valence-corrected chi connectivity index (χ4v) is 2.60. The van der Waals surface area contributed by atoms with E-state index in [0.29, 0.717) is 5.69 Å². The van der Waals surface area contributed by atoms with Gasteiger partial charge in [0.1, 0.15) is 5.75 Å². The summed E-state index contributed by atoms with van der Waals surface area (Å²) in [5.74, 6) is 0.265. The Hall–Kier alpha value is -1.13. The number of pyridine rings is 1. The van der Waals surface area contributed by atoms with Gasteiger partial charge in [-0.2, -0.15) is 0 Å². The molecule has 0 saturated heterocycles. The lowest BCUT2D eigenvalue weighted by molar-refractivity contribution is 0.144. The fourth-order valence-electron chi connectivity index (χ4n) is 2.60. The minimum Gasteiger partial charge on any atom is -0.506 e. The second-order valence-corrected chi connectivity index (χ2v) is 6.09. The van der Waals surface area contributed by atoms with Crippen LogP contribution in [0, 0.1) is 6.92 Å². The number of unbranched alkanes of at least 4 members (excludes halogenated alkanes) is 5. The van der Waals surface area contributed by atoms with E-state index in [1.807, 2.05) is 13.0 Å². The van der Waals surface area contributed by atoms with Gasteiger partial charge in [-0.1, -0.05) is 25.7 Å². The Morgan fingerprint density at radius 2 is 1.59 bits per heavy atom. The standard InChI is InChI=1S/C18H31NO3/c1-15-18(22)13-12-16(19-15)9-5-3-2-4-6-10-17(21)11-7-8-14-20/h12-13,17,20-22H,2-11,14H2,1H3/t17-/m1/s1. The molecule has 0 amide bonds. The molecular weight excluding hydrogens is 278 g/mol. The minimum atomic E-state index is -0.198. The molecule has 1 atom stereocenters. The molecule has 0 radical (unpaired) electrons. The molecule has 4 heteroatoms. The lowest BCUT2D eigenvalue weighted by Crippen LogP contribution is -2.06. The van der Waals surface area contributed by atoms with Crippen molar-refractivity contribution in [2.45, 2.75) is 77.2 Å². The highest BCUT2D eigenvalue weighted by Crippen LogP contribution is 2.16. The third kappa shape index (κ3) is 8.35. The number of aliphatic hydroxyl groups excluding tert-OH is 2. The normalized spacial score (nSPS) is 12.5. The van der Waals surface area contributed by atoms with Gasteiger partial charge in [0, 0.05) is 12.3 Å². The topological polar surface area (TPSA) is 73.6 Å². The highest BCUT2D eigenvalue weighted by molar-refractivity contribution is 5.26. The van der Waals surface area contributed by atoms with Crippen molar-refractivity contribution in [1.82, 2.24) is 4.98 Å². The SMILES string of the molecule is Cc1nc(CCCCCCC[C@@H](O)CCCCO)ccc1O. The van der Waals surface area contributed by atoms with E-state index >= 15 is 0 Å². The van der Waals surface area contributed by atoms with E-state index in [1.165, 1.54) is 19.3 Å². The molecule has 0 aliphatic rings. The van der Waals surface area contributed by atoms with Gasteiger partial charge in [-0.15, -0.1) is 0 Å². The maximum absolute atomic E-state index is 9.77. The first-order chi connectivity index (χ1) is 10.6.